The van der Waals surface area contributed by atoms with E-state index >= 15 is 0 Å². The molecule has 1 heterocycles. The van der Waals surface area contributed by atoms with Gasteiger partial charge in [-0.3, -0.25) is 0 Å². The number of para-hydroxylation sites is 1. The highest BCUT2D eigenvalue weighted by molar-refractivity contribution is 5.59. The van der Waals surface area contributed by atoms with E-state index in [-0.39, 0.29) is 11.6 Å². The lowest BCUT2D eigenvalue weighted by Gasteiger charge is -1.99. The molecule has 1 aromatic carbocycles. The standard InChI is InChI=1S/C9H7N5/c1-11-9-8(10)14(13-12-9)7-5-3-2-4-6-7/h2-6H,10H2. The minimum atomic E-state index is 0.133. The van der Waals surface area contributed by atoms with Gasteiger partial charge in [0.25, 0.3) is 0 Å². The monoisotopic (exact) mass is 185 g/mol. The first kappa shape index (κ1) is 8.26. The number of nitrogens with two attached hydrogens (primary N) is 1. The zero-order chi connectivity index (χ0) is 9.97. The SMILES string of the molecule is [C-]#[N+]c1nnn(-c2ccccc2)c1N. The molecule has 0 saturated heterocycles. The number of hydrogen-bond donors (Lipinski definition) is 1. The summed E-state index contributed by atoms with van der Waals surface area (Å²) in [6.45, 7) is 6.79. The third-order valence-corrected chi connectivity index (χ3v) is 1.79. The molecule has 0 aliphatic carbocycles. The van der Waals surface area contributed by atoms with E-state index in [2.05, 4.69) is 15.2 Å². The largest absolute Gasteiger partial charge is 0.391 e. The molecule has 0 fully saturated rings. The van der Waals surface area contributed by atoms with Crippen LogP contribution in [0.4, 0.5) is 11.6 Å². The van der Waals surface area contributed by atoms with Gasteiger partial charge in [-0.2, -0.15) is 4.68 Å². The van der Waals surface area contributed by atoms with Crippen LogP contribution < -0.4 is 5.73 Å². The van der Waals surface area contributed by atoms with Crippen molar-refractivity contribution in [2.75, 3.05) is 5.73 Å². The van der Waals surface area contributed by atoms with Crippen molar-refractivity contribution in [3.05, 3.63) is 41.7 Å². The van der Waals surface area contributed by atoms with Crippen LogP contribution in [0.5, 0.6) is 0 Å². The van der Waals surface area contributed by atoms with Crippen molar-refractivity contribution in [1.82, 2.24) is 15.0 Å². The van der Waals surface area contributed by atoms with Crippen LogP contribution in [0.15, 0.2) is 30.3 Å². The minimum Gasteiger partial charge on any atom is -0.391 e. The maximum absolute atomic E-state index is 6.79. The van der Waals surface area contributed by atoms with E-state index in [1.165, 1.54) is 4.68 Å². The average Bonchev–Trinajstić information content (AvgIpc) is 2.61. The van der Waals surface area contributed by atoms with Crippen molar-refractivity contribution in [3.63, 3.8) is 0 Å². The molecule has 68 valence electrons. The summed E-state index contributed by atoms with van der Waals surface area (Å²) in [6.07, 6.45) is 0. The predicted molar refractivity (Wildman–Crippen MR) is 52.0 cm³/mol. The fourth-order valence-electron chi connectivity index (χ4n) is 1.12. The van der Waals surface area contributed by atoms with Crippen LogP contribution in [-0.2, 0) is 0 Å². The van der Waals surface area contributed by atoms with Gasteiger partial charge in [-0.15, -0.1) is 0 Å². The summed E-state index contributed by atoms with van der Waals surface area (Å²) in [6, 6.07) is 9.33. The fourth-order valence-corrected chi connectivity index (χ4v) is 1.12. The van der Waals surface area contributed by atoms with E-state index in [9.17, 15) is 0 Å². The summed E-state index contributed by atoms with van der Waals surface area (Å²) in [7, 11) is 0. The van der Waals surface area contributed by atoms with E-state index in [0.717, 1.165) is 5.69 Å². The first-order valence-corrected chi connectivity index (χ1v) is 3.97. The number of nitrogen functional groups attached to an aromatic ring is 1. The minimum absolute atomic E-state index is 0.133. The number of anilines is 1. The van der Waals surface area contributed by atoms with Gasteiger partial charge in [0.2, 0.25) is 0 Å². The molecule has 2 rings (SSSR count). The molecular formula is C9H7N5. The Balaban J connectivity index is 2.54. The topological polar surface area (TPSA) is 61.1 Å². The Morgan fingerprint density at radius 1 is 1.29 bits per heavy atom. The zero-order valence-electron chi connectivity index (χ0n) is 7.25. The Kier molecular flexibility index (Phi) is 1.88. The summed E-state index contributed by atoms with van der Waals surface area (Å²) in [4.78, 5) is 3.15. The molecule has 1 aromatic heterocycles. The van der Waals surface area contributed by atoms with Crippen molar-refractivity contribution in [2.24, 2.45) is 0 Å². The normalized spacial score (nSPS) is 9.64. The Labute approximate surface area is 80.6 Å². The predicted octanol–water partition coefficient (Wildman–Crippen LogP) is 1.40. The molecule has 0 aliphatic rings. The molecular weight excluding hydrogens is 178 g/mol. The highest BCUT2D eigenvalue weighted by atomic mass is 15.5. The van der Waals surface area contributed by atoms with Gasteiger partial charge in [0, 0.05) is 10.3 Å². The van der Waals surface area contributed by atoms with Crippen LogP contribution in [0, 0.1) is 6.57 Å². The van der Waals surface area contributed by atoms with Gasteiger partial charge in [0.15, 0.2) is 5.82 Å². The van der Waals surface area contributed by atoms with E-state index in [4.69, 9.17) is 12.3 Å². The molecule has 14 heavy (non-hydrogen) atoms. The summed E-state index contributed by atoms with van der Waals surface area (Å²) >= 11 is 0. The lowest BCUT2D eigenvalue weighted by molar-refractivity contribution is 0.811. The molecule has 2 N–H and O–H groups in total. The van der Waals surface area contributed by atoms with Crippen LogP contribution >= 0.6 is 0 Å². The fraction of sp³-hybridized carbons (Fsp3) is 0. The molecule has 0 aliphatic heterocycles. The molecule has 0 spiro atoms. The van der Waals surface area contributed by atoms with E-state index < -0.39 is 0 Å². The second-order valence-electron chi connectivity index (χ2n) is 2.66. The van der Waals surface area contributed by atoms with E-state index in [1.54, 1.807) is 0 Å². The Morgan fingerprint density at radius 3 is 2.57 bits per heavy atom. The maximum atomic E-state index is 6.79. The Morgan fingerprint density at radius 2 is 2.00 bits per heavy atom. The highest BCUT2D eigenvalue weighted by Crippen LogP contribution is 2.20. The summed E-state index contributed by atoms with van der Waals surface area (Å²) < 4.78 is 1.44. The Hall–Kier alpha value is -2.35. The maximum Gasteiger partial charge on any atom is 0.339 e. The highest BCUT2D eigenvalue weighted by Gasteiger charge is 2.10. The molecule has 0 bridgehead atoms. The van der Waals surface area contributed by atoms with Crippen LogP contribution in [-0.4, -0.2) is 15.0 Å². The molecule has 0 atom stereocenters. The van der Waals surface area contributed by atoms with Crippen LogP contribution in [0.25, 0.3) is 10.5 Å². The first-order valence-electron chi connectivity index (χ1n) is 3.97. The van der Waals surface area contributed by atoms with Gasteiger partial charge in [-0.25, -0.2) is 0 Å². The summed E-state index contributed by atoms with van der Waals surface area (Å²) in [5.41, 5.74) is 6.47. The van der Waals surface area contributed by atoms with Crippen molar-refractivity contribution < 1.29 is 0 Å². The van der Waals surface area contributed by atoms with Crippen molar-refractivity contribution in [2.45, 2.75) is 0 Å². The van der Waals surface area contributed by atoms with Gasteiger partial charge in [0.1, 0.15) is 0 Å². The summed E-state index contributed by atoms with van der Waals surface area (Å²) in [5.74, 6) is 0.403. The molecule has 5 nitrogen and oxygen atoms in total. The van der Waals surface area contributed by atoms with Crippen LogP contribution in [0.1, 0.15) is 0 Å². The van der Waals surface area contributed by atoms with Crippen LogP contribution in [0.3, 0.4) is 0 Å². The van der Waals surface area contributed by atoms with Crippen molar-refractivity contribution in [3.8, 4) is 5.69 Å². The molecule has 5 heteroatoms. The molecule has 0 amide bonds. The lowest BCUT2D eigenvalue weighted by Crippen LogP contribution is -2.01. The average molecular weight is 185 g/mol. The number of benzene rings is 1. The number of rotatable bonds is 1. The first-order chi connectivity index (χ1) is 6.83. The zero-order valence-corrected chi connectivity index (χ0v) is 7.25. The van der Waals surface area contributed by atoms with Gasteiger partial charge >= 0.3 is 5.82 Å². The molecule has 2 aromatic rings. The second-order valence-corrected chi connectivity index (χ2v) is 2.66. The van der Waals surface area contributed by atoms with Crippen molar-refractivity contribution in [1.29, 1.82) is 0 Å². The van der Waals surface area contributed by atoms with Gasteiger partial charge in [-0.1, -0.05) is 24.8 Å². The third-order valence-electron chi connectivity index (χ3n) is 1.79. The number of aromatic nitrogens is 3. The van der Waals surface area contributed by atoms with Gasteiger partial charge < -0.3 is 10.6 Å². The lowest BCUT2D eigenvalue weighted by atomic mass is 10.3. The van der Waals surface area contributed by atoms with Crippen molar-refractivity contribution >= 4 is 11.6 Å². The number of nitrogens with zero attached hydrogens (tertiary/aromatic N) is 4. The second kappa shape index (κ2) is 3.18. The molecule has 0 unspecified atom stereocenters. The third kappa shape index (κ3) is 1.19. The van der Waals surface area contributed by atoms with Crippen LogP contribution in [0.2, 0.25) is 0 Å². The molecule has 0 radical (unpaired) electrons. The Bertz CT molecular complexity index is 480. The quantitative estimate of drug-likeness (QED) is 0.683. The number of hydrogen-bond acceptors (Lipinski definition) is 3. The smallest absolute Gasteiger partial charge is 0.339 e. The van der Waals surface area contributed by atoms with E-state index in [1.807, 2.05) is 30.3 Å². The van der Waals surface area contributed by atoms with Gasteiger partial charge in [0.05, 0.1) is 5.69 Å². The summed E-state index contributed by atoms with van der Waals surface area (Å²) in [5, 5.41) is 7.43. The molecule has 0 saturated carbocycles. The van der Waals surface area contributed by atoms with E-state index in [0.29, 0.717) is 0 Å². The van der Waals surface area contributed by atoms with Gasteiger partial charge in [-0.05, 0) is 12.1 Å².